The van der Waals surface area contributed by atoms with Gasteiger partial charge in [0.15, 0.2) is 11.6 Å². The zero-order chi connectivity index (χ0) is 13.3. The first-order valence-corrected chi connectivity index (χ1v) is 5.60. The Hall–Kier alpha value is -2.11. The second-order valence-electron chi connectivity index (χ2n) is 4.05. The Balaban J connectivity index is 2.43. The third-order valence-electron chi connectivity index (χ3n) is 2.76. The molecule has 0 saturated heterocycles. The maximum Gasteiger partial charge on any atom is 0.360 e. The summed E-state index contributed by atoms with van der Waals surface area (Å²) >= 11 is 0. The van der Waals surface area contributed by atoms with Crippen LogP contribution in [0.1, 0.15) is 13.8 Å². The van der Waals surface area contributed by atoms with Crippen molar-refractivity contribution in [1.82, 2.24) is 4.98 Å². The number of rotatable bonds is 2. The van der Waals surface area contributed by atoms with Crippen LogP contribution < -0.4 is 9.64 Å². The first kappa shape index (κ1) is 12.3. The van der Waals surface area contributed by atoms with Gasteiger partial charge in [-0.2, -0.15) is 0 Å². The number of likely N-dealkylation sites (N-methyl/N-ethyl adjacent to an activating group) is 1. The number of ether oxygens (including phenoxy) is 2. The van der Waals surface area contributed by atoms with E-state index in [0.717, 1.165) is 0 Å². The summed E-state index contributed by atoms with van der Waals surface area (Å²) in [5.74, 6) is -0.414. The van der Waals surface area contributed by atoms with E-state index in [1.54, 1.807) is 32.3 Å². The summed E-state index contributed by atoms with van der Waals surface area (Å²) in [5, 5.41) is 0. The molecule has 2 heterocycles. The molecule has 1 amide bonds. The number of carbonyl (C=O) groups is 2. The predicted octanol–water partition coefficient (Wildman–Crippen LogP) is 0.759. The molecule has 2 rings (SSSR count). The Morgan fingerprint density at radius 2 is 2.33 bits per heavy atom. The van der Waals surface area contributed by atoms with E-state index in [1.807, 2.05) is 0 Å². The Kier molecular flexibility index (Phi) is 2.94. The molecule has 0 bridgehead atoms. The lowest BCUT2D eigenvalue weighted by molar-refractivity contribution is -0.166. The smallest absolute Gasteiger partial charge is 0.360 e. The highest BCUT2D eigenvalue weighted by atomic mass is 16.6. The van der Waals surface area contributed by atoms with E-state index in [2.05, 4.69) is 4.98 Å². The van der Waals surface area contributed by atoms with Gasteiger partial charge < -0.3 is 9.47 Å². The van der Waals surface area contributed by atoms with Gasteiger partial charge in [0.2, 0.25) is 0 Å². The lowest BCUT2D eigenvalue weighted by Gasteiger charge is -2.36. The van der Waals surface area contributed by atoms with Gasteiger partial charge in [-0.05, 0) is 26.0 Å². The number of esters is 1. The van der Waals surface area contributed by atoms with Gasteiger partial charge in [-0.3, -0.25) is 9.69 Å². The number of anilines is 1. The van der Waals surface area contributed by atoms with Gasteiger partial charge >= 0.3 is 5.97 Å². The number of aromatic nitrogens is 1. The standard InChI is InChI=1S/C12H14N2O4/c1-4-17-11(16)12(2)10(15)14(3)9-8(18-12)6-5-7-13-9/h5-7H,4H2,1-3H3. The van der Waals surface area contributed by atoms with E-state index in [9.17, 15) is 9.59 Å². The number of carbonyl (C=O) groups excluding carboxylic acids is 2. The fourth-order valence-corrected chi connectivity index (χ4v) is 1.79. The van der Waals surface area contributed by atoms with Crippen molar-refractivity contribution in [3.63, 3.8) is 0 Å². The van der Waals surface area contributed by atoms with Crippen LogP contribution in [0.25, 0.3) is 0 Å². The fourth-order valence-electron chi connectivity index (χ4n) is 1.79. The molecule has 0 radical (unpaired) electrons. The van der Waals surface area contributed by atoms with Gasteiger partial charge in [-0.25, -0.2) is 9.78 Å². The van der Waals surface area contributed by atoms with Crippen LogP contribution in [0.5, 0.6) is 5.75 Å². The van der Waals surface area contributed by atoms with Gasteiger partial charge in [0, 0.05) is 13.2 Å². The summed E-state index contributed by atoms with van der Waals surface area (Å²) in [7, 11) is 1.55. The van der Waals surface area contributed by atoms with Crippen molar-refractivity contribution in [2.45, 2.75) is 19.4 Å². The summed E-state index contributed by atoms with van der Waals surface area (Å²) in [6, 6.07) is 3.33. The first-order chi connectivity index (χ1) is 8.50. The summed E-state index contributed by atoms with van der Waals surface area (Å²) in [5.41, 5.74) is -1.65. The molecule has 1 aliphatic rings. The highest BCUT2D eigenvalue weighted by molar-refractivity contribution is 6.14. The summed E-state index contributed by atoms with van der Waals surface area (Å²) in [4.78, 5) is 29.4. The Labute approximate surface area is 105 Å². The quantitative estimate of drug-likeness (QED) is 0.572. The molecule has 0 N–H and O–H groups in total. The number of amides is 1. The molecule has 0 fully saturated rings. The third-order valence-corrected chi connectivity index (χ3v) is 2.76. The molecule has 0 spiro atoms. The first-order valence-electron chi connectivity index (χ1n) is 5.60. The van der Waals surface area contributed by atoms with Crippen LogP contribution in [-0.4, -0.2) is 36.1 Å². The summed E-state index contributed by atoms with van der Waals surface area (Å²) in [6.07, 6.45) is 1.55. The number of fused-ring (bicyclic) bond motifs is 1. The minimum Gasteiger partial charge on any atom is -0.463 e. The van der Waals surface area contributed by atoms with Gasteiger partial charge in [0.05, 0.1) is 6.61 Å². The van der Waals surface area contributed by atoms with E-state index in [1.165, 1.54) is 11.8 Å². The predicted molar refractivity (Wildman–Crippen MR) is 63.3 cm³/mol. The average molecular weight is 250 g/mol. The van der Waals surface area contributed by atoms with Crippen LogP contribution in [0.2, 0.25) is 0 Å². The minimum absolute atomic E-state index is 0.189. The molecule has 6 heteroatoms. The van der Waals surface area contributed by atoms with Crippen molar-refractivity contribution in [3.8, 4) is 5.75 Å². The van der Waals surface area contributed by atoms with Crippen LogP contribution in [0.4, 0.5) is 5.82 Å². The van der Waals surface area contributed by atoms with Crippen molar-refractivity contribution < 1.29 is 19.1 Å². The number of hydrogen-bond acceptors (Lipinski definition) is 5. The molecule has 96 valence electrons. The zero-order valence-electron chi connectivity index (χ0n) is 10.5. The molecule has 1 aliphatic heterocycles. The van der Waals surface area contributed by atoms with E-state index in [-0.39, 0.29) is 6.61 Å². The molecule has 0 saturated carbocycles. The van der Waals surface area contributed by atoms with Gasteiger partial charge in [0.25, 0.3) is 11.5 Å². The van der Waals surface area contributed by atoms with E-state index >= 15 is 0 Å². The molecular formula is C12H14N2O4. The van der Waals surface area contributed by atoms with Crippen LogP contribution in [0.15, 0.2) is 18.3 Å². The molecule has 18 heavy (non-hydrogen) atoms. The van der Waals surface area contributed by atoms with Crippen molar-refractivity contribution in [2.24, 2.45) is 0 Å². The molecule has 0 aliphatic carbocycles. The maximum atomic E-state index is 12.2. The minimum atomic E-state index is -1.65. The zero-order valence-corrected chi connectivity index (χ0v) is 10.5. The van der Waals surface area contributed by atoms with Crippen molar-refractivity contribution in [1.29, 1.82) is 0 Å². The average Bonchev–Trinajstić information content (AvgIpc) is 2.36. The second-order valence-corrected chi connectivity index (χ2v) is 4.05. The van der Waals surface area contributed by atoms with Crippen molar-refractivity contribution in [2.75, 3.05) is 18.6 Å². The number of nitrogens with zero attached hydrogens (tertiary/aromatic N) is 2. The number of pyridine rings is 1. The molecule has 1 atom stereocenters. The largest absolute Gasteiger partial charge is 0.463 e. The normalized spacial score (nSPS) is 22.2. The van der Waals surface area contributed by atoms with Crippen LogP contribution in [-0.2, 0) is 14.3 Å². The highest BCUT2D eigenvalue weighted by Crippen LogP contribution is 2.35. The topological polar surface area (TPSA) is 68.7 Å². The van der Waals surface area contributed by atoms with Crippen LogP contribution >= 0.6 is 0 Å². The van der Waals surface area contributed by atoms with Gasteiger partial charge in [-0.1, -0.05) is 0 Å². The summed E-state index contributed by atoms with van der Waals surface area (Å²) < 4.78 is 10.4. The van der Waals surface area contributed by atoms with Crippen LogP contribution in [0, 0.1) is 0 Å². The number of hydrogen-bond donors (Lipinski definition) is 0. The molecule has 6 nitrogen and oxygen atoms in total. The highest BCUT2D eigenvalue weighted by Gasteiger charge is 2.51. The summed E-state index contributed by atoms with van der Waals surface area (Å²) in [6.45, 7) is 3.27. The SMILES string of the molecule is CCOC(=O)C1(C)Oc2cccnc2N(C)C1=O. The molecule has 1 aromatic rings. The lowest BCUT2D eigenvalue weighted by Crippen LogP contribution is -2.58. The Morgan fingerprint density at radius 1 is 1.61 bits per heavy atom. The van der Waals surface area contributed by atoms with Crippen molar-refractivity contribution >= 4 is 17.7 Å². The monoisotopic (exact) mass is 250 g/mol. The molecular weight excluding hydrogens is 236 g/mol. The molecule has 1 unspecified atom stereocenters. The van der Waals surface area contributed by atoms with Crippen molar-refractivity contribution in [3.05, 3.63) is 18.3 Å². The Morgan fingerprint density at radius 3 is 3.00 bits per heavy atom. The Bertz CT molecular complexity index is 503. The lowest BCUT2D eigenvalue weighted by atomic mass is 10.0. The van der Waals surface area contributed by atoms with Crippen LogP contribution in [0.3, 0.4) is 0 Å². The van der Waals surface area contributed by atoms with E-state index < -0.39 is 17.5 Å². The maximum absolute atomic E-state index is 12.2. The molecule has 0 aromatic carbocycles. The van der Waals surface area contributed by atoms with E-state index in [0.29, 0.717) is 11.6 Å². The second kappa shape index (κ2) is 4.29. The van der Waals surface area contributed by atoms with Gasteiger partial charge in [-0.15, -0.1) is 0 Å². The fraction of sp³-hybridized carbons (Fsp3) is 0.417. The third kappa shape index (κ3) is 1.70. The molecule has 1 aromatic heterocycles. The van der Waals surface area contributed by atoms with E-state index in [4.69, 9.17) is 9.47 Å². The van der Waals surface area contributed by atoms with Gasteiger partial charge in [0.1, 0.15) is 0 Å².